The van der Waals surface area contributed by atoms with Gasteiger partial charge in [0.2, 0.25) is 15.9 Å². The van der Waals surface area contributed by atoms with Crippen molar-refractivity contribution in [2.45, 2.75) is 17.9 Å². The smallest absolute Gasteiger partial charge is 0.246 e. The van der Waals surface area contributed by atoms with E-state index in [2.05, 4.69) is 5.32 Å². The summed E-state index contributed by atoms with van der Waals surface area (Å²) in [6.07, 6.45) is 0. The summed E-state index contributed by atoms with van der Waals surface area (Å²) in [4.78, 5) is 15.6. The summed E-state index contributed by atoms with van der Waals surface area (Å²) in [6.45, 7) is 3.08. The number of rotatable bonds is 7. The highest BCUT2D eigenvalue weighted by molar-refractivity contribution is 7.89. The van der Waals surface area contributed by atoms with E-state index in [9.17, 15) is 17.6 Å². The highest BCUT2D eigenvalue weighted by Gasteiger charge is 2.34. The molecular formula is C26H28FN3O4S. The van der Waals surface area contributed by atoms with Gasteiger partial charge in [0.05, 0.1) is 17.7 Å². The Bertz CT molecular complexity index is 1280. The molecule has 35 heavy (non-hydrogen) atoms. The van der Waals surface area contributed by atoms with Crippen LogP contribution in [0.15, 0.2) is 77.7 Å². The van der Waals surface area contributed by atoms with E-state index in [-0.39, 0.29) is 23.9 Å². The van der Waals surface area contributed by atoms with Crippen LogP contribution in [0.25, 0.3) is 0 Å². The fourth-order valence-corrected chi connectivity index (χ4v) is 5.66. The Balaban J connectivity index is 1.55. The molecule has 1 N–H and O–H groups in total. The Morgan fingerprint density at radius 3 is 2.26 bits per heavy atom. The molecule has 1 atom stereocenters. The van der Waals surface area contributed by atoms with Gasteiger partial charge in [-0.15, -0.1) is 0 Å². The van der Waals surface area contributed by atoms with Crippen molar-refractivity contribution in [2.24, 2.45) is 0 Å². The number of nitrogens with one attached hydrogen (secondary N) is 1. The number of hydrogen-bond acceptors (Lipinski definition) is 5. The number of benzene rings is 3. The summed E-state index contributed by atoms with van der Waals surface area (Å²) in [7, 11) is -2.20. The lowest BCUT2D eigenvalue weighted by Gasteiger charge is -2.38. The minimum absolute atomic E-state index is 0.0521. The van der Waals surface area contributed by atoms with E-state index in [0.717, 1.165) is 23.3 Å². The second-order valence-corrected chi connectivity index (χ2v) is 10.3. The number of carbonyl (C=O) groups excluding carboxylic acids is 1. The first-order valence-corrected chi connectivity index (χ1v) is 12.7. The molecular weight excluding hydrogens is 469 g/mol. The molecule has 4 rings (SSSR count). The number of piperazine rings is 1. The zero-order valence-electron chi connectivity index (χ0n) is 19.6. The van der Waals surface area contributed by atoms with Gasteiger partial charge in [-0.1, -0.05) is 36.4 Å². The van der Waals surface area contributed by atoms with Crippen LogP contribution >= 0.6 is 0 Å². The van der Waals surface area contributed by atoms with E-state index in [0.29, 0.717) is 24.5 Å². The maximum Gasteiger partial charge on any atom is 0.246 e. The SMILES string of the molecule is COc1ccc(C)cc1NC(=O)C(c1ccccc1)N1CCN(S(=O)(=O)c2ccc(F)cc2)CC1. The van der Waals surface area contributed by atoms with Gasteiger partial charge in [0, 0.05) is 26.2 Å². The summed E-state index contributed by atoms with van der Waals surface area (Å²) in [5.41, 5.74) is 2.37. The van der Waals surface area contributed by atoms with Crippen molar-refractivity contribution in [3.05, 3.63) is 89.7 Å². The van der Waals surface area contributed by atoms with E-state index in [1.165, 1.54) is 16.4 Å². The zero-order chi connectivity index (χ0) is 25.0. The minimum Gasteiger partial charge on any atom is -0.495 e. The summed E-state index contributed by atoms with van der Waals surface area (Å²) in [5.74, 6) is -0.156. The van der Waals surface area contributed by atoms with E-state index in [1.807, 2.05) is 60.4 Å². The zero-order valence-corrected chi connectivity index (χ0v) is 20.5. The largest absolute Gasteiger partial charge is 0.495 e. The third kappa shape index (κ3) is 5.53. The fourth-order valence-electron chi connectivity index (χ4n) is 4.24. The van der Waals surface area contributed by atoms with Crippen LogP contribution in [0.5, 0.6) is 5.75 Å². The average Bonchev–Trinajstić information content (AvgIpc) is 2.86. The van der Waals surface area contributed by atoms with Gasteiger partial charge >= 0.3 is 0 Å². The third-order valence-electron chi connectivity index (χ3n) is 6.07. The molecule has 1 aliphatic rings. The van der Waals surface area contributed by atoms with Crippen LogP contribution < -0.4 is 10.1 Å². The highest BCUT2D eigenvalue weighted by atomic mass is 32.2. The molecule has 1 amide bonds. The number of aryl methyl sites for hydroxylation is 1. The van der Waals surface area contributed by atoms with Gasteiger partial charge in [-0.25, -0.2) is 12.8 Å². The highest BCUT2D eigenvalue weighted by Crippen LogP contribution is 2.30. The van der Waals surface area contributed by atoms with Crippen molar-refractivity contribution in [3.8, 4) is 5.75 Å². The summed E-state index contributed by atoms with van der Waals surface area (Å²) in [5, 5.41) is 3.00. The molecule has 1 saturated heterocycles. The molecule has 0 aromatic heterocycles. The van der Waals surface area contributed by atoms with Crippen molar-refractivity contribution >= 4 is 21.6 Å². The van der Waals surface area contributed by atoms with Crippen LogP contribution in [0.3, 0.4) is 0 Å². The Kier molecular flexibility index (Phi) is 7.49. The molecule has 1 heterocycles. The first-order valence-electron chi connectivity index (χ1n) is 11.3. The number of methoxy groups -OCH3 is 1. The number of sulfonamides is 1. The van der Waals surface area contributed by atoms with Gasteiger partial charge in [0.25, 0.3) is 0 Å². The quantitative estimate of drug-likeness (QED) is 0.537. The Hall–Kier alpha value is -3.27. The number of amides is 1. The van der Waals surface area contributed by atoms with Crippen molar-refractivity contribution in [1.82, 2.24) is 9.21 Å². The Labute approximate surface area is 205 Å². The predicted octanol–water partition coefficient (Wildman–Crippen LogP) is 3.83. The lowest BCUT2D eigenvalue weighted by molar-refractivity contribution is -0.122. The van der Waals surface area contributed by atoms with Crippen LogP contribution in [0, 0.1) is 12.7 Å². The number of carbonyl (C=O) groups is 1. The van der Waals surface area contributed by atoms with E-state index >= 15 is 0 Å². The van der Waals surface area contributed by atoms with Gasteiger partial charge < -0.3 is 10.1 Å². The molecule has 9 heteroatoms. The maximum absolute atomic E-state index is 13.5. The van der Waals surface area contributed by atoms with Crippen LogP contribution in [-0.2, 0) is 14.8 Å². The van der Waals surface area contributed by atoms with E-state index in [1.54, 1.807) is 7.11 Å². The first kappa shape index (κ1) is 24.8. The molecule has 1 aliphatic heterocycles. The standard InChI is InChI=1S/C26H28FN3O4S/c1-19-8-13-24(34-2)23(18-19)28-26(31)25(20-6-4-3-5-7-20)29-14-16-30(17-15-29)35(32,33)22-11-9-21(27)10-12-22/h3-13,18,25H,14-17H2,1-2H3,(H,28,31). The number of hydrogen-bond donors (Lipinski definition) is 1. The summed E-state index contributed by atoms with van der Waals surface area (Å²) >= 11 is 0. The Morgan fingerprint density at radius 2 is 1.63 bits per heavy atom. The lowest BCUT2D eigenvalue weighted by Crippen LogP contribution is -2.51. The van der Waals surface area contributed by atoms with E-state index < -0.39 is 21.9 Å². The van der Waals surface area contributed by atoms with Crippen molar-refractivity contribution in [1.29, 1.82) is 0 Å². The Morgan fingerprint density at radius 1 is 0.971 bits per heavy atom. The van der Waals surface area contributed by atoms with Crippen LogP contribution in [-0.4, -0.2) is 56.8 Å². The summed E-state index contributed by atoms with van der Waals surface area (Å²) in [6, 6.07) is 19.2. The van der Waals surface area contributed by atoms with Gasteiger partial charge in [-0.3, -0.25) is 9.69 Å². The van der Waals surface area contributed by atoms with Crippen LogP contribution in [0.1, 0.15) is 17.2 Å². The monoisotopic (exact) mass is 497 g/mol. The number of nitrogens with zero attached hydrogens (tertiary/aromatic N) is 2. The van der Waals surface area contributed by atoms with Crippen molar-refractivity contribution in [3.63, 3.8) is 0 Å². The molecule has 0 bridgehead atoms. The molecule has 0 spiro atoms. The fraction of sp³-hybridized carbons (Fsp3) is 0.269. The number of anilines is 1. The number of halogens is 1. The van der Waals surface area contributed by atoms with Crippen molar-refractivity contribution in [2.75, 3.05) is 38.6 Å². The number of ether oxygens (including phenoxy) is 1. The predicted molar refractivity (Wildman–Crippen MR) is 132 cm³/mol. The van der Waals surface area contributed by atoms with Gasteiger partial charge in [-0.05, 0) is 54.4 Å². The van der Waals surface area contributed by atoms with Gasteiger partial charge in [0.1, 0.15) is 17.6 Å². The molecule has 1 unspecified atom stereocenters. The average molecular weight is 498 g/mol. The second kappa shape index (κ2) is 10.6. The third-order valence-corrected chi connectivity index (χ3v) is 7.98. The maximum atomic E-state index is 13.5. The molecule has 3 aromatic carbocycles. The molecule has 1 fully saturated rings. The molecule has 3 aromatic rings. The second-order valence-electron chi connectivity index (χ2n) is 8.40. The van der Waals surface area contributed by atoms with Gasteiger partial charge in [0.15, 0.2) is 0 Å². The first-order chi connectivity index (χ1) is 16.8. The van der Waals surface area contributed by atoms with Crippen LogP contribution in [0.2, 0.25) is 0 Å². The van der Waals surface area contributed by atoms with E-state index in [4.69, 9.17) is 4.74 Å². The minimum atomic E-state index is -3.75. The normalized spacial score (nSPS) is 16.0. The molecule has 0 radical (unpaired) electrons. The lowest BCUT2D eigenvalue weighted by atomic mass is 10.0. The van der Waals surface area contributed by atoms with Crippen LogP contribution in [0.4, 0.5) is 10.1 Å². The van der Waals surface area contributed by atoms with Crippen molar-refractivity contribution < 1.29 is 22.3 Å². The molecule has 0 aliphatic carbocycles. The molecule has 0 saturated carbocycles. The summed E-state index contributed by atoms with van der Waals surface area (Å²) < 4.78 is 46.1. The van der Waals surface area contributed by atoms with Gasteiger partial charge in [-0.2, -0.15) is 4.31 Å². The molecule has 7 nitrogen and oxygen atoms in total. The topological polar surface area (TPSA) is 79.0 Å². The molecule has 184 valence electrons.